The Balaban J connectivity index is 1.28. The van der Waals surface area contributed by atoms with E-state index in [1.807, 2.05) is 47.4 Å². The molecule has 0 spiro atoms. The predicted molar refractivity (Wildman–Crippen MR) is 160 cm³/mol. The molecule has 3 aromatic carbocycles. The summed E-state index contributed by atoms with van der Waals surface area (Å²) in [5.74, 6) is -0.623. The van der Waals surface area contributed by atoms with Crippen molar-refractivity contribution in [3.63, 3.8) is 0 Å². The van der Waals surface area contributed by atoms with Crippen LogP contribution in [0.15, 0.2) is 76.8 Å². The van der Waals surface area contributed by atoms with Crippen molar-refractivity contribution in [3.05, 3.63) is 104 Å². The average Bonchev–Trinajstić information content (AvgIpc) is 3.79. The van der Waals surface area contributed by atoms with Crippen LogP contribution in [0.25, 0.3) is 5.57 Å². The second-order valence-electron chi connectivity index (χ2n) is 10.4. The lowest BCUT2D eigenvalue weighted by atomic mass is 9.91. The minimum atomic E-state index is -0.674. The lowest BCUT2D eigenvalue weighted by Crippen LogP contribution is -2.50. The highest BCUT2D eigenvalue weighted by atomic mass is 79.9. The van der Waals surface area contributed by atoms with Gasteiger partial charge < -0.3 is 15.2 Å². The molecule has 9 heteroatoms. The fourth-order valence-corrected chi connectivity index (χ4v) is 5.79. The SMILES string of the molecule is NC(=O)C1(N2CCC(c3ccc(CCCOc4cc(F)ccc4Br)cc3)=C(C(=O)OCc3ccccc3Cl)C2)CC1. The van der Waals surface area contributed by atoms with Gasteiger partial charge in [0.25, 0.3) is 0 Å². The molecule has 1 amide bonds. The predicted octanol–water partition coefficient (Wildman–Crippen LogP) is 6.47. The van der Waals surface area contributed by atoms with E-state index in [0.717, 1.165) is 35.1 Å². The molecule has 1 fully saturated rings. The largest absolute Gasteiger partial charge is 0.492 e. The number of hydrogen-bond donors (Lipinski definition) is 1. The molecule has 41 heavy (non-hydrogen) atoms. The minimum absolute atomic E-state index is 0.0590. The van der Waals surface area contributed by atoms with Gasteiger partial charge in [-0.25, -0.2) is 9.18 Å². The van der Waals surface area contributed by atoms with E-state index in [1.54, 1.807) is 12.1 Å². The van der Waals surface area contributed by atoms with Crippen LogP contribution in [-0.2, 0) is 27.4 Å². The molecule has 3 aromatic rings. The third-order valence-corrected chi connectivity index (χ3v) is 8.78. The molecule has 6 nitrogen and oxygen atoms in total. The van der Waals surface area contributed by atoms with E-state index in [1.165, 1.54) is 12.1 Å². The first-order valence-electron chi connectivity index (χ1n) is 13.6. The minimum Gasteiger partial charge on any atom is -0.492 e. The van der Waals surface area contributed by atoms with Gasteiger partial charge in [0, 0.05) is 29.7 Å². The molecule has 5 rings (SSSR count). The maximum Gasteiger partial charge on any atom is 0.335 e. The Morgan fingerprint density at radius 3 is 2.54 bits per heavy atom. The lowest BCUT2D eigenvalue weighted by Gasteiger charge is -2.35. The Morgan fingerprint density at radius 1 is 1.07 bits per heavy atom. The summed E-state index contributed by atoms with van der Waals surface area (Å²) in [6.45, 7) is 1.44. The normalized spacial score (nSPS) is 16.4. The summed E-state index contributed by atoms with van der Waals surface area (Å²) in [5, 5.41) is 0.537. The number of aryl methyl sites for hydroxylation is 1. The zero-order chi connectivity index (χ0) is 29.0. The van der Waals surface area contributed by atoms with Crippen LogP contribution >= 0.6 is 27.5 Å². The van der Waals surface area contributed by atoms with E-state index in [4.69, 9.17) is 26.8 Å². The molecule has 0 atom stereocenters. The highest BCUT2D eigenvalue weighted by Crippen LogP contribution is 2.44. The molecule has 0 aromatic heterocycles. The van der Waals surface area contributed by atoms with Gasteiger partial charge in [-0.3, -0.25) is 9.69 Å². The van der Waals surface area contributed by atoms with Crippen molar-refractivity contribution < 1.29 is 23.5 Å². The molecular formula is C32H31BrClFN2O4. The molecule has 2 aliphatic rings. The van der Waals surface area contributed by atoms with Crippen molar-refractivity contribution in [2.24, 2.45) is 5.73 Å². The van der Waals surface area contributed by atoms with E-state index in [9.17, 15) is 14.0 Å². The number of benzene rings is 3. The zero-order valence-corrected chi connectivity index (χ0v) is 24.8. The van der Waals surface area contributed by atoms with Gasteiger partial charge >= 0.3 is 5.97 Å². The standard InChI is InChI=1S/C32H31BrClFN2O4/c33-27-12-11-24(35)18-29(27)40-17-3-4-21-7-9-22(10-8-21)25-13-16-37(32(14-15-32)31(36)39)19-26(25)30(38)41-20-23-5-1-2-6-28(23)34/h1-2,5-12,18H,3-4,13-17,19-20H2,(H2,36,39). The molecule has 1 saturated carbocycles. The number of hydrogen-bond acceptors (Lipinski definition) is 5. The second-order valence-corrected chi connectivity index (χ2v) is 11.7. The Morgan fingerprint density at radius 2 is 1.83 bits per heavy atom. The van der Waals surface area contributed by atoms with Crippen LogP contribution in [0.1, 0.15) is 42.4 Å². The van der Waals surface area contributed by atoms with Crippen LogP contribution in [0.5, 0.6) is 5.75 Å². The number of amides is 1. The van der Waals surface area contributed by atoms with E-state index < -0.39 is 11.5 Å². The van der Waals surface area contributed by atoms with Crippen molar-refractivity contribution in [2.45, 2.75) is 44.2 Å². The number of nitrogens with two attached hydrogens (primary N) is 1. The van der Waals surface area contributed by atoms with Crippen molar-refractivity contribution in [1.82, 2.24) is 4.90 Å². The number of esters is 1. The van der Waals surface area contributed by atoms with Crippen molar-refractivity contribution >= 4 is 45.0 Å². The van der Waals surface area contributed by atoms with Gasteiger partial charge in [-0.2, -0.15) is 0 Å². The number of rotatable bonds is 11. The fraction of sp³-hybridized carbons (Fsp3) is 0.312. The van der Waals surface area contributed by atoms with Gasteiger partial charge in [-0.05, 0) is 82.9 Å². The maximum atomic E-state index is 13.5. The van der Waals surface area contributed by atoms with Gasteiger partial charge in [0.05, 0.1) is 16.7 Å². The summed E-state index contributed by atoms with van der Waals surface area (Å²) >= 11 is 9.64. The molecule has 0 unspecified atom stereocenters. The highest BCUT2D eigenvalue weighted by Gasteiger charge is 2.54. The third kappa shape index (κ3) is 6.83. The van der Waals surface area contributed by atoms with Crippen molar-refractivity contribution in [1.29, 1.82) is 0 Å². The summed E-state index contributed by atoms with van der Waals surface area (Å²) in [5.41, 5.74) is 9.32. The van der Waals surface area contributed by atoms with E-state index in [2.05, 4.69) is 15.9 Å². The van der Waals surface area contributed by atoms with Crippen LogP contribution in [0, 0.1) is 5.82 Å². The van der Waals surface area contributed by atoms with E-state index in [0.29, 0.717) is 59.8 Å². The van der Waals surface area contributed by atoms with Gasteiger partial charge in [0.15, 0.2) is 0 Å². The van der Waals surface area contributed by atoms with Crippen LogP contribution in [0.2, 0.25) is 5.02 Å². The zero-order valence-electron chi connectivity index (χ0n) is 22.5. The Bertz CT molecular complexity index is 1470. The Labute approximate surface area is 252 Å². The monoisotopic (exact) mass is 640 g/mol. The van der Waals surface area contributed by atoms with Crippen LogP contribution in [0.4, 0.5) is 4.39 Å². The summed E-state index contributed by atoms with van der Waals surface area (Å²) in [6, 6.07) is 19.8. The molecular weight excluding hydrogens is 611 g/mol. The average molecular weight is 642 g/mol. The highest BCUT2D eigenvalue weighted by molar-refractivity contribution is 9.10. The molecule has 0 bridgehead atoms. The third-order valence-electron chi connectivity index (χ3n) is 7.76. The van der Waals surface area contributed by atoms with Gasteiger partial charge in [-0.15, -0.1) is 0 Å². The molecule has 0 saturated heterocycles. The number of ether oxygens (including phenoxy) is 2. The van der Waals surface area contributed by atoms with E-state index in [-0.39, 0.29) is 18.3 Å². The summed E-state index contributed by atoms with van der Waals surface area (Å²) in [7, 11) is 0. The number of carbonyl (C=O) groups is 2. The molecule has 1 heterocycles. The molecule has 2 N–H and O–H groups in total. The number of nitrogens with zero attached hydrogens (tertiary/aromatic N) is 1. The van der Waals surface area contributed by atoms with Crippen molar-refractivity contribution in [3.8, 4) is 5.75 Å². The summed E-state index contributed by atoms with van der Waals surface area (Å²) in [4.78, 5) is 27.7. The summed E-state index contributed by atoms with van der Waals surface area (Å²) in [6.07, 6.45) is 3.55. The fourth-order valence-electron chi connectivity index (χ4n) is 5.24. The second kappa shape index (κ2) is 12.8. The lowest BCUT2D eigenvalue weighted by molar-refractivity contribution is -0.141. The quantitative estimate of drug-likeness (QED) is 0.192. The topological polar surface area (TPSA) is 81.9 Å². The molecule has 0 radical (unpaired) electrons. The summed E-state index contributed by atoms with van der Waals surface area (Å²) < 4.78 is 25.6. The first-order valence-corrected chi connectivity index (χ1v) is 14.8. The van der Waals surface area contributed by atoms with Gasteiger partial charge in [0.2, 0.25) is 5.91 Å². The van der Waals surface area contributed by atoms with E-state index >= 15 is 0 Å². The Kier molecular flexibility index (Phi) is 9.12. The number of carbonyl (C=O) groups excluding carboxylic acids is 2. The maximum absolute atomic E-state index is 13.5. The van der Waals surface area contributed by atoms with Crippen LogP contribution in [-0.4, -0.2) is 42.0 Å². The smallest absolute Gasteiger partial charge is 0.335 e. The first-order chi connectivity index (χ1) is 19.8. The van der Waals surface area contributed by atoms with Crippen LogP contribution < -0.4 is 10.5 Å². The first kappa shape index (κ1) is 29.3. The molecule has 1 aliphatic heterocycles. The van der Waals surface area contributed by atoms with Crippen molar-refractivity contribution in [2.75, 3.05) is 19.7 Å². The van der Waals surface area contributed by atoms with Gasteiger partial charge in [-0.1, -0.05) is 54.1 Å². The number of halogens is 3. The molecule has 1 aliphatic carbocycles. The van der Waals surface area contributed by atoms with Gasteiger partial charge in [0.1, 0.15) is 23.7 Å². The molecule has 214 valence electrons. The Hall–Kier alpha value is -3.20. The van der Waals surface area contributed by atoms with Crippen LogP contribution in [0.3, 0.4) is 0 Å². The number of primary amides is 1.